The Labute approximate surface area is 210 Å². The number of hydrogen-bond acceptors (Lipinski definition) is 4. The standard InChI is InChI=1S/C28H54N4O2/c1-21(33)31-25(3,4)17-23(18-26(31,5)6)29-15-13-11-12-14-16-30-24-19-27(7,8)32(22(2)34)28(9,10)20-24/h23-24,29-30H,11-20H2,1-10H3. The predicted octanol–water partition coefficient (Wildman–Crippen LogP) is 4.86. The number of piperidine rings is 2. The average Bonchev–Trinajstić information content (AvgIpc) is 2.58. The lowest BCUT2D eigenvalue weighted by atomic mass is 9.76. The van der Waals surface area contributed by atoms with Crippen LogP contribution in [0.1, 0.15) is 121 Å². The molecule has 2 aliphatic rings. The van der Waals surface area contributed by atoms with Gasteiger partial charge in [-0.25, -0.2) is 0 Å². The van der Waals surface area contributed by atoms with Gasteiger partial charge in [-0.3, -0.25) is 9.59 Å². The number of hydrogen-bond donors (Lipinski definition) is 2. The summed E-state index contributed by atoms with van der Waals surface area (Å²) in [7, 11) is 0. The number of carbonyl (C=O) groups excluding carboxylic acids is 2. The van der Waals surface area contributed by atoms with E-state index in [-0.39, 0.29) is 34.0 Å². The first-order valence-corrected chi connectivity index (χ1v) is 13.6. The van der Waals surface area contributed by atoms with Gasteiger partial charge in [0.2, 0.25) is 11.8 Å². The molecule has 34 heavy (non-hydrogen) atoms. The second-order valence-corrected chi connectivity index (χ2v) is 13.5. The second-order valence-electron chi connectivity index (χ2n) is 13.5. The van der Waals surface area contributed by atoms with Gasteiger partial charge in [-0.15, -0.1) is 0 Å². The molecule has 2 saturated heterocycles. The Morgan fingerprint density at radius 2 is 0.853 bits per heavy atom. The molecule has 2 aliphatic heterocycles. The Morgan fingerprint density at radius 1 is 0.588 bits per heavy atom. The minimum absolute atomic E-state index is 0.110. The number of likely N-dealkylation sites (tertiary alicyclic amines) is 2. The van der Waals surface area contributed by atoms with E-state index in [9.17, 15) is 9.59 Å². The molecule has 0 aromatic heterocycles. The van der Waals surface area contributed by atoms with Crippen LogP contribution in [0.4, 0.5) is 0 Å². The van der Waals surface area contributed by atoms with Crippen LogP contribution in [0.2, 0.25) is 0 Å². The fourth-order valence-corrected chi connectivity index (χ4v) is 7.77. The number of nitrogens with one attached hydrogen (secondary N) is 2. The fourth-order valence-electron chi connectivity index (χ4n) is 7.77. The molecule has 0 spiro atoms. The minimum Gasteiger partial charge on any atom is -0.333 e. The zero-order valence-electron chi connectivity index (χ0n) is 23.9. The molecular weight excluding hydrogens is 424 g/mol. The van der Waals surface area contributed by atoms with E-state index in [2.05, 4.69) is 75.8 Å². The minimum atomic E-state index is -0.110. The lowest BCUT2D eigenvalue weighted by Gasteiger charge is -2.55. The van der Waals surface area contributed by atoms with Gasteiger partial charge < -0.3 is 20.4 Å². The molecule has 2 rings (SSSR count). The van der Waals surface area contributed by atoms with E-state index >= 15 is 0 Å². The zero-order chi connectivity index (χ0) is 25.9. The quantitative estimate of drug-likeness (QED) is 0.465. The van der Waals surface area contributed by atoms with Crippen LogP contribution in [-0.2, 0) is 9.59 Å². The summed E-state index contributed by atoms with van der Waals surface area (Å²) in [4.78, 5) is 28.6. The van der Waals surface area contributed by atoms with E-state index < -0.39 is 0 Å². The molecule has 0 unspecified atom stereocenters. The normalized spacial score (nSPS) is 24.3. The molecule has 198 valence electrons. The molecule has 0 saturated carbocycles. The van der Waals surface area contributed by atoms with Gasteiger partial charge in [0, 0.05) is 48.1 Å². The molecule has 2 fully saturated rings. The predicted molar refractivity (Wildman–Crippen MR) is 142 cm³/mol. The van der Waals surface area contributed by atoms with Crippen LogP contribution < -0.4 is 10.6 Å². The largest absolute Gasteiger partial charge is 0.333 e. The Hall–Kier alpha value is -1.14. The van der Waals surface area contributed by atoms with E-state index in [1.165, 1.54) is 25.7 Å². The maximum atomic E-state index is 12.2. The van der Waals surface area contributed by atoms with Crippen LogP contribution in [0.15, 0.2) is 0 Å². The highest BCUT2D eigenvalue weighted by Crippen LogP contribution is 2.39. The van der Waals surface area contributed by atoms with Gasteiger partial charge in [0.15, 0.2) is 0 Å². The zero-order valence-corrected chi connectivity index (χ0v) is 23.9. The second kappa shape index (κ2) is 10.9. The highest BCUT2D eigenvalue weighted by atomic mass is 16.2. The highest BCUT2D eigenvalue weighted by Gasteiger charge is 2.47. The first-order chi connectivity index (χ1) is 15.5. The Morgan fingerprint density at radius 3 is 1.09 bits per heavy atom. The molecule has 6 nitrogen and oxygen atoms in total. The van der Waals surface area contributed by atoms with Gasteiger partial charge >= 0.3 is 0 Å². The van der Waals surface area contributed by atoms with Crippen molar-refractivity contribution < 1.29 is 9.59 Å². The molecule has 0 radical (unpaired) electrons. The molecule has 2 heterocycles. The molecule has 0 bridgehead atoms. The number of nitrogens with zero attached hydrogens (tertiary/aromatic N) is 2. The van der Waals surface area contributed by atoms with E-state index in [0.717, 1.165) is 38.8 Å². The van der Waals surface area contributed by atoms with Crippen LogP contribution in [0.3, 0.4) is 0 Å². The Kier molecular flexibility index (Phi) is 9.29. The van der Waals surface area contributed by atoms with Gasteiger partial charge in [0.05, 0.1) is 0 Å². The fraction of sp³-hybridized carbons (Fsp3) is 0.929. The first kappa shape index (κ1) is 29.1. The number of rotatable bonds is 9. The van der Waals surface area contributed by atoms with Crippen molar-refractivity contribution in [3.63, 3.8) is 0 Å². The van der Waals surface area contributed by atoms with Gasteiger partial charge in [0.25, 0.3) is 0 Å². The molecule has 0 aliphatic carbocycles. The van der Waals surface area contributed by atoms with Crippen molar-refractivity contribution in [3.8, 4) is 0 Å². The summed E-state index contributed by atoms with van der Waals surface area (Å²) in [6, 6.07) is 0.935. The molecule has 6 heteroatoms. The molecule has 0 aromatic carbocycles. The molecule has 2 amide bonds. The van der Waals surface area contributed by atoms with Gasteiger partial charge in [0.1, 0.15) is 0 Å². The first-order valence-electron chi connectivity index (χ1n) is 13.6. The van der Waals surface area contributed by atoms with Gasteiger partial charge in [-0.2, -0.15) is 0 Å². The van der Waals surface area contributed by atoms with Crippen molar-refractivity contribution in [1.82, 2.24) is 20.4 Å². The third-order valence-electron chi connectivity index (χ3n) is 8.00. The number of unbranched alkanes of at least 4 members (excludes halogenated alkanes) is 3. The van der Waals surface area contributed by atoms with Crippen molar-refractivity contribution in [3.05, 3.63) is 0 Å². The van der Waals surface area contributed by atoms with Crippen LogP contribution >= 0.6 is 0 Å². The third-order valence-corrected chi connectivity index (χ3v) is 8.00. The molecule has 0 atom stereocenters. The maximum absolute atomic E-state index is 12.2. The summed E-state index contributed by atoms with van der Waals surface area (Å²) in [5.74, 6) is 0.359. The monoisotopic (exact) mass is 478 g/mol. The summed E-state index contributed by atoms with van der Waals surface area (Å²) in [5.41, 5.74) is -0.442. The van der Waals surface area contributed by atoms with E-state index in [1.54, 1.807) is 13.8 Å². The smallest absolute Gasteiger partial charge is 0.220 e. The van der Waals surface area contributed by atoms with Crippen LogP contribution in [0, 0.1) is 0 Å². The van der Waals surface area contributed by atoms with Crippen LogP contribution in [0.25, 0.3) is 0 Å². The lowest BCUT2D eigenvalue weighted by Crippen LogP contribution is -2.65. The summed E-state index contributed by atoms with van der Waals surface area (Å²) >= 11 is 0. The van der Waals surface area contributed by atoms with E-state index in [4.69, 9.17) is 0 Å². The van der Waals surface area contributed by atoms with E-state index in [0.29, 0.717) is 12.1 Å². The maximum Gasteiger partial charge on any atom is 0.220 e. The van der Waals surface area contributed by atoms with Crippen LogP contribution in [0.5, 0.6) is 0 Å². The van der Waals surface area contributed by atoms with Crippen molar-refractivity contribution >= 4 is 11.8 Å². The van der Waals surface area contributed by atoms with Crippen molar-refractivity contribution in [2.75, 3.05) is 13.1 Å². The van der Waals surface area contributed by atoms with E-state index in [1.807, 2.05) is 0 Å². The van der Waals surface area contributed by atoms with Crippen molar-refractivity contribution in [2.45, 2.75) is 155 Å². The van der Waals surface area contributed by atoms with Crippen molar-refractivity contribution in [2.24, 2.45) is 0 Å². The Balaban J connectivity index is 1.65. The SMILES string of the molecule is CC(=O)N1C(C)(C)CC(NCCCCCCNC2CC(C)(C)N(C(C)=O)C(C)(C)C2)CC1(C)C. The average molecular weight is 479 g/mol. The summed E-state index contributed by atoms with van der Waals surface area (Å²) in [6.45, 7) is 23.1. The summed E-state index contributed by atoms with van der Waals surface area (Å²) in [5, 5.41) is 7.56. The van der Waals surface area contributed by atoms with Gasteiger partial charge in [-0.1, -0.05) is 12.8 Å². The third kappa shape index (κ3) is 7.19. The number of amides is 2. The highest BCUT2D eigenvalue weighted by molar-refractivity contribution is 5.75. The molecule has 0 aromatic rings. The number of carbonyl (C=O) groups is 2. The summed E-state index contributed by atoms with van der Waals surface area (Å²) < 4.78 is 0. The van der Waals surface area contributed by atoms with Crippen LogP contribution in [-0.4, -0.2) is 68.9 Å². The Bertz CT molecular complexity index is 617. The lowest BCUT2D eigenvalue weighted by molar-refractivity contribution is -0.148. The molecular formula is C28H54N4O2. The van der Waals surface area contributed by atoms with Crippen molar-refractivity contribution in [1.29, 1.82) is 0 Å². The molecule has 2 N–H and O–H groups in total. The topological polar surface area (TPSA) is 64.7 Å². The summed E-state index contributed by atoms with van der Waals surface area (Å²) in [6.07, 6.45) is 8.92. The van der Waals surface area contributed by atoms with Gasteiger partial charge in [-0.05, 0) is 107 Å².